The molecule has 0 spiro atoms. The van der Waals surface area contributed by atoms with E-state index in [2.05, 4.69) is 43.8 Å². The number of thiophene rings is 1. The molecule has 0 amide bonds. The van der Waals surface area contributed by atoms with Crippen molar-refractivity contribution in [1.82, 2.24) is 14.5 Å². The summed E-state index contributed by atoms with van der Waals surface area (Å²) in [6.07, 6.45) is 3.28. The summed E-state index contributed by atoms with van der Waals surface area (Å²) in [5, 5.41) is 19.7. The van der Waals surface area contributed by atoms with Crippen molar-refractivity contribution in [2.75, 3.05) is 0 Å². The van der Waals surface area contributed by atoms with Crippen molar-refractivity contribution < 1.29 is 19.4 Å². The quantitative estimate of drug-likeness (QED) is 0.610. The average molecular weight is 406 g/mol. The molecule has 0 radical (unpaired) electrons. The van der Waals surface area contributed by atoms with E-state index in [-0.39, 0.29) is 15.7 Å². The van der Waals surface area contributed by atoms with Gasteiger partial charge >= 0.3 is 5.97 Å². The van der Waals surface area contributed by atoms with Crippen LogP contribution >= 0.6 is 11.3 Å². The highest BCUT2D eigenvalue weighted by molar-refractivity contribution is 7.16. The number of pyridine rings is 1. The lowest BCUT2D eigenvalue weighted by Gasteiger charge is -2.36. The van der Waals surface area contributed by atoms with Crippen LogP contribution in [-0.4, -0.2) is 39.0 Å². The van der Waals surface area contributed by atoms with Crippen molar-refractivity contribution >= 4 is 36.7 Å². The molecule has 0 aliphatic rings. The number of rotatable bonds is 5. The molecule has 0 aliphatic heterocycles. The predicted octanol–water partition coefficient (Wildman–Crippen LogP) is 4.41. The highest BCUT2D eigenvalue weighted by Crippen LogP contribution is 2.37. The fourth-order valence-corrected chi connectivity index (χ4v) is 4.14. The maximum Gasteiger partial charge on any atom is 0.349 e. The van der Waals surface area contributed by atoms with Crippen molar-refractivity contribution in [3.05, 3.63) is 35.2 Å². The standard InChI is InChI=1S/C18H23N3O4SSi/c1-18(2,3)27(4,5)25-9-11-6-13-12(8-19-11)20-10-21(13)15-7-14(22)16(26-15)17(23)24/h6-8,10,22H,9H2,1-5H3,(H,23,24). The van der Waals surface area contributed by atoms with Gasteiger partial charge in [0.2, 0.25) is 0 Å². The van der Waals surface area contributed by atoms with Gasteiger partial charge in [0.1, 0.15) is 22.6 Å². The van der Waals surface area contributed by atoms with Crippen LogP contribution in [0.15, 0.2) is 24.7 Å². The first kappa shape index (κ1) is 19.5. The molecular formula is C18H23N3O4SSi. The third-order valence-corrected chi connectivity index (χ3v) is 10.6. The summed E-state index contributed by atoms with van der Waals surface area (Å²) in [5.74, 6) is -1.40. The molecule has 3 aromatic rings. The maximum absolute atomic E-state index is 11.2. The molecule has 144 valence electrons. The van der Waals surface area contributed by atoms with Crippen LogP contribution in [0.5, 0.6) is 5.75 Å². The van der Waals surface area contributed by atoms with Crippen LogP contribution in [0, 0.1) is 0 Å². The molecule has 0 aliphatic carbocycles. The zero-order valence-corrected chi connectivity index (χ0v) is 17.8. The van der Waals surface area contributed by atoms with E-state index in [1.807, 2.05) is 6.07 Å². The van der Waals surface area contributed by atoms with E-state index in [4.69, 9.17) is 9.53 Å². The van der Waals surface area contributed by atoms with E-state index >= 15 is 0 Å². The highest BCUT2D eigenvalue weighted by atomic mass is 32.1. The first-order chi connectivity index (χ1) is 12.5. The van der Waals surface area contributed by atoms with E-state index in [1.165, 1.54) is 6.07 Å². The molecular weight excluding hydrogens is 382 g/mol. The minimum atomic E-state index is -1.89. The zero-order chi connectivity index (χ0) is 20.0. The van der Waals surface area contributed by atoms with Crippen LogP contribution < -0.4 is 0 Å². The molecule has 3 rings (SSSR count). The van der Waals surface area contributed by atoms with Gasteiger partial charge in [-0.2, -0.15) is 0 Å². The first-order valence-corrected chi connectivity index (χ1v) is 12.2. The fourth-order valence-electron chi connectivity index (χ4n) is 2.32. The second kappa shape index (κ2) is 6.74. The second-order valence-corrected chi connectivity index (χ2v) is 13.8. The molecule has 0 saturated heterocycles. The Balaban J connectivity index is 1.93. The lowest BCUT2D eigenvalue weighted by atomic mass is 10.2. The SMILES string of the molecule is CC(C)(C)[Si](C)(C)OCc1cc2c(cn1)ncn2-c1cc(O)c(C(=O)O)s1. The van der Waals surface area contributed by atoms with Gasteiger partial charge < -0.3 is 14.6 Å². The molecule has 0 aromatic carbocycles. The fraction of sp³-hybridized carbons (Fsp3) is 0.389. The molecule has 0 unspecified atom stereocenters. The van der Waals surface area contributed by atoms with Gasteiger partial charge in [-0.3, -0.25) is 9.55 Å². The van der Waals surface area contributed by atoms with Gasteiger partial charge in [0, 0.05) is 6.07 Å². The average Bonchev–Trinajstić information content (AvgIpc) is 3.14. The Hall–Kier alpha value is -2.23. The normalized spacial score (nSPS) is 12.6. The minimum absolute atomic E-state index is 0.0950. The number of hydrogen-bond acceptors (Lipinski definition) is 6. The number of aromatic hydroxyl groups is 1. The van der Waals surface area contributed by atoms with Gasteiger partial charge in [-0.25, -0.2) is 9.78 Å². The number of carbonyl (C=O) groups is 1. The van der Waals surface area contributed by atoms with Gasteiger partial charge in [-0.1, -0.05) is 20.8 Å². The predicted molar refractivity (Wildman–Crippen MR) is 107 cm³/mol. The number of imidazole rings is 1. The topological polar surface area (TPSA) is 97.5 Å². The Morgan fingerprint density at radius 3 is 2.59 bits per heavy atom. The Bertz CT molecular complexity index is 1000. The second-order valence-electron chi connectivity index (χ2n) is 7.93. The summed E-state index contributed by atoms with van der Waals surface area (Å²) in [6.45, 7) is 11.4. The van der Waals surface area contributed by atoms with Crippen molar-refractivity contribution in [2.24, 2.45) is 0 Å². The number of carboxylic acids is 1. The van der Waals surface area contributed by atoms with Crippen molar-refractivity contribution in [3.8, 4) is 10.8 Å². The number of fused-ring (bicyclic) bond motifs is 1. The molecule has 3 heterocycles. The van der Waals surface area contributed by atoms with Crippen LogP contribution in [0.3, 0.4) is 0 Å². The number of aromatic carboxylic acids is 1. The lowest BCUT2D eigenvalue weighted by Crippen LogP contribution is -2.40. The summed E-state index contributed by atoms with van der Waals surface area (Å²) < 4.78 is 7.99. The third-order valence-electron chi connectivity index (χ3n) is 5.01. The molecule has 0 saturated carbocycles. The van der Waals surface area contributed by atoms with Crippen LogP contribution in [0.2, 0.25) is 18.1 Å². The summed E-state index contributed by atoms with van der Waals surface area (Å²) in [5.41, 5.74) is 2.26. The van der Waals surface area contributed by atoms with Crippen molar-refractivity contribution in [1.29, 1.82) is 0 Å². The van der Waals surface area contributed by atoms with Gasteiger partial charge in [-0.05, 0) is 24.2 Å². The lowest BCUT2D eigenvalue weighted by molar-refractivity contribution is 0.0699. The summed E-state index contributed by atoms with van der Waals surface area (Å²) >= 11 is 0.996. The number of nitrogens with zero attached hydrogens (tertiary/aromatic N) is 3. The molecule has 3 aromatic heterocycles. The summed E-state index contributed by atoms with van der Waals surface area (Å²) in [7, 11) is -1.89. The van der Waals surface area contributed by atoms with Crippen molar-refractivity contribution in [2.45, 2.75) is 45.5 Å². The Morgan fingerprint density at radius 1 is 1.30 bits per heavy atom. The first-order valence-electron chi connectivity index (χ1n) is 8.52. The Morgan fingerprint density at radius 2 is 2.00 bits per heavy atom. The van der Waals surface area contributed by atoms with Crippen LogP contribution in [-0.2, 0) is 11.0 Å². The monoisotopic (exact) mass is 405 g/mol. The van der Waals surface area contributed by atoms with Gasteiger partial charge in [0.15, 0.2) is 13.2 Å². The zero-order valence-electron chi connectivity index (χ0n) is 16.0. The molecule has 0 fully saturated rings. The largest absolute Gasteiger partial charge is 0.506 e. The molecule has 7 nitrogen and oxygen atoms in total. The molecule has 0 bridgehead atoms. The smallest absolute Gasteiger partial charge is 0.349 e. The number of aromatic nitrogens is 3. The third kappa shape index (κ3) is 3.75. The van der Waals surface area contributed by atoms with Gasteiger partial charge in [-0.15, -0.1) is 11.3 Å². The van der Waals surface area contributed by atoms with Gasteiger partial charge in [0.25, 0.3) is 0 Å². The van der Waals surface area contributed by atoms with E-state index in [9.17, 15) is 9.90 Å². The molecule has 9 heteroatoms. The molecule has 2 N–H and O–H groups in total. The van der Waals surface area contributed by atoms with Gasteiger partial charge in [0.05, 0.1) is 24.0 Å². The van der Waals surface area contributed by atoms with E-state index < -0.39 is 14.3 Å². The summed E-state index contributed by atoms with van der Waals surface area (Å²) in [4.78, 5) is 19.8. The van der Waals surface area contributed by atoms with E-state index in [0.717, 1.165) is 22.5 Å². The van der Waals surface area contributed by atoms with Crippen LogP contribution in [0.1, 0.15) is 36.1 Å². The maximum atomic E-state index is 11.2. The van der Waals surface area contributed by atoms with E-state index in [0.29, 0.717) is 17.1 Å². The van der Waals surface area contributed by atoms with Crippen LogP contribution in [0.25, 0.3) is 16.0 Å². The highest BCUT2D eigenvalue weighted by Gasteiger charge is 2.37. The Kier molecular flexibility index (Phi) is 4.87. The Labute approximate surface area is 162 Å². The molecule has 0 atom stereocenters. The van der Waals surface area contributed by atoms with Crippen molar-refractivity contribution in [3.63, 3.8) is 0 Å². The van der Waals surface area contributed by atoms with E-state index in [1.54, 1.807) is 17.1 Å². The number of hydrogen-bond donors (Lipinski definition) is 2. The number of carboxylic acid groups (broad SMARTS) is 1. The minimum Gasteiger partial charge on any atom is -0.506 e. The summed E-state index contributed by atoms with van der Waals surface area (Å²) in [6, 6.07) is 3.33. The molecule has 27 heavy (non-hydrogen) atoms. The van der Waals surface area contributed by atoms with Crippen LogP contribution in [0.4, 0.5) is 0 Å².